The molecule has 2 aromatic carbocycles. The summed E-state index contributed by atoms with van der Waals surface area (Å²) < 4.78 is 0. The van der Waals surface area contributed by atoms with Gasteiger partial charge in [-0.3, -0.25) is 10.3 Å². The molecule has 1 heterocycles. The summed E-state index contributed by atoms with van der Waals surface area (Å²) in [5.41, 5.74) is 7.02. The number of hydroxylamine groups is 1. The van der Waals surface area contributed by atoms with E-state index in [1.165, 1.54) is 16.8 Å². The van der Waals surface area contributed by atoms with Crippen LogP contribution in [-0.2, 0) is 17.7 Å². The zero-order valence-corrected chi connectivity index (χ0v) is 12.2. The molecule has 2 nitrogen and oxygen atoms in total. The Balaban J connectivity index is 1.46. The Morgan fingerprint density at radius 1 is 0.762 bits per heavy atom. The van der Waals surface area contributed by atoms with Gasteiger partial charge >= 0.3 is 0 Å². The Kier molecular flexibility index (Phi) is 4.70. The summed E-state index contributed by atoms with van der Waals surface area (Å²) in [7, 11) is 0. The number of aryl methyl sites for hydroxylation is 2. The lowest BCUT2D eigenvalue weighted by Crippen LogP contribution is -2.13. The van der Waals surface area contributed by atoms with Crippen LogP contribution in [0.1, 0.15) is 24.0 Å². The molecule has 1 aliphatic heterocycles. The first-order valence-corrected chi connectivity index (χ1v) is 7.60. The Morgan fingerprint density at radius 2 is 1.38 bits per heavy atom. The van der Waals surface area contributed by atoms with Gasteiger partial charge in [-0.2, -0.15) is 0 Å². The van der Waals surface area contributed by atoms with Crippen molar-refractivity contribution in [1.29, 1.82) is 0 Å². The van der Waals surface area contributed by atoms with E-state index in [2.05, 4.69) is 72.2 Å². The van der Waals surface area contributed by atoms with Crippen LogP contribution in [0.4, 0.5) is 0 Å². The molecule has 0 spiro atoms. The fraction of sp³-hybridized carbons (Fsp3) is 0.263. The number of benzene rings is 2. The largest absolute Gasteiger partial charge is 0.271 e. The summed E-state index contributed by atoms with van der Waals surface area (Å²) in [6, 6.07) is 21.1. The van der Waals surface area contributed by atoms with Gasteiger partial charge in [-0.05, 0) is 42.9 Å². The maximum absolute atomic E-state index is 5.63. The van der Waals surface area contributed by atoms with E-state index in [9.17, 15) is 0 Å². The Labute approximate surface area is 126 Å². The zero-order chi connectivity index (χ0) is 14.3. The highest BCUT2D eigenvalue weighted by atomic mass is 16.7. The van der Waals surface area contributed by atoms with E-state index in [0.29, 0.717) is 0 Å². The Bertz CT molecular complexity index is 577. The molecule has 0 radical (unpaired) electrons. The maximum Gasteiger partial charge on any atom is 0.106 e. The van der Waals surface area contributed by atoms with E-state index in [1.807, 2.05) is 0 Å². The van der Waals surface area contributed by atoms with Crippen molar-refractivity contribution in [2.24, 2.45) is 0 Å². The average molecular weight is 279 g/mol. The molecule has 21 heavy (non-hydrogen) atoms. The van der Waals surface area contributed by atoms with Crippen molar-refractivity contribution in [3.05, 3.63) is 83.6 Å². The monoisotopic (exact) mass is 279 g/mol. The minimum atomic E-state index is 0.191. The lowest BCUT2D eigenvalue weighted by Gasteiger charge is -2.07. The summed E-state index contributed by atoms with van der Waals surface area (Å²) in [6.07, 6.45) is 6.55. The molecule has 1 unspecified atom stereocenters. The summed E-state index contributed by atoms with van der Waals surface area (Å²) in [5.74, 6) is 0. The molecule has 108 valence electrons. The lowest BCUT2D eigenvalue weighted by molar-refractivity contribution is 0.0372. The average Bonchev–Trinajstić information content (AvgIpc) is 3.01. The van der Waals surface area contributed by atoms with Crippen molar-refractivity contribution >= 4 is 0 Å². The topological polar surface area (TPSA) is 21.3 Å². The van der Waals surface area contributed by atoms with Crippen molar-refractivity contribution in [1.82, 2.24) is 5.48 Å². The van der Waals surface area contributed by atoms with Crippen LogP contribution in [0.25, 0.3) is 0 Å². The van der Waals surface area contributed by atoms with Gasteiger partial charge in [0.05, 0.1) is 0 Å². The predicted octanol–water partition coefficient (Wildman–Crippen LogP) is 4.04. The molecular formula is C19H21NO. The van der Waals surface area contributed by atoms with Crippen LogP contribution in [-0.4, -0.2) is 6.10 Å². The van der Waals surface area contributed by atoms with E-state index in [1.54, 1.807) is 0 Å². The number of rotatable bonds is 6. The SMILES string of the molecule is C1=C(CCc2ccccc2)NOC1CCc1ccccc1. The predicted molar refractivity (Wildman–Crippen MR) is 85.6 cm³/mol. The van der Waals surface area contributed by atoms with Gasteiger partial charge in [-0.15, -0.1) is 0 Å². The molecule has 1 aliphatic rings. The third-order valence-corrected chi connectivity index (χ3v) is 3.81. The van der Waals surface area contributed by atoms with Gasteiger partial charge in [0.25, 0.3) is 0 Å². The van der Waals surface area contributed by atoms with Gasteiger partial charge in [0.1, 0.15) is 6.10 Å². The van der Waals surface area contributed by atoms with Gasteiger partial charge in [0.2, 0.25) is 0 Å². The Hall–Kier alpha value is -2.06. The normalized spacial score (nSPS) is 17.3. The maximum atomic E-state index is 5.63. The first-order chi connectivity index (χ1) is 10.4. The molecule has 3 rings (SSSR count). The Morgan fingerprint density at radius 3 is 2.05 bits per heavy atom. The first-order valence-electron chi connectivity index (χ1n) is 7.60. The van der Waals surface area contributed by atoms with Crippen molar-refractivity contribution in [2.75, 3.05) is 0 Å². The van der Waals surface area contributed by atoms with E-state index in [0.717, 1.165) is 25.7 Å². The van der Waals surface area contributed by atoms with E-state index >= 15 is 0 Å². The summed E-state index contributed by atoms with van der Waals surface area (Å²) in [5, 5.41) is 0. The fourth-order valence-corrected chi connectivity index (χ4v) is 2.60. The van der Waals surface area contributed by atoms with Crippen molar-refractivity contribution in [3.8, 4) is 0 Å². The quantitative estimate of drug-likeness (QED) is 0.861. The van der Waals surface area contributed by atoms with Crippen LogP contribution < -0.4 is 5.48 Å². The van der Waals surface area contributed by atoms with Crippen LogP contribution in [0.15, 0.2) is 72.4 Å². The summed E-state index contributed by atoms with van der Waals surface area (Å²) >= 11 is 0. The second-order valence-corrected chi connectivity index (χ2v) is 5.46. The van der Waals surface area contributed by atoms with Crippen LogP contribution >= 0.6 is 0 Å². The molecule has 0 aliphatic carbocycles. The summed E-state index contributed by atoms with van der Waals surface area (Å²) in [6.45, 7) is 0. The molecule has 0 fully saturated rings. The number of hydrogen-bond donors (Lipinski definition) is 1. The molecule has 0 saturated carbocycles. The van der Waals surface area contributed by atoms with Crippen LogP contribution in [0.2, 0.25) is 0 Å². The van der Waals surface area contributed by atoms with Gasteiger partial charge in [0.15, 0.2) is 0 Å². The molecule has 0 aromatic heterocycles. The van der Waals surface area contributed by atoms with E-state index in [-0.39, 0.29) is 6.10 Å². The number of allylic oxidation sites excluding steroid dienone is 1. The first kappa shape index (κ1) is 13.9. The molecule has 0 bridgehead atoms. The molecule has 0 saturated heterocycles. The third-order valence-electron chi connectivity index (χ3n) is 3.81. The van der Waals surface area contributed by atoms with Gasteiger partial charge in [-0.1, -0.05) is 60.7 Å². The van der Waals surface area contributed by atoms with Gasteiger partial charge in [-0.25, -0.2) is 0 Å². The van der Waals surface area contributed by atoms with E-state index < -0.39 is 0 Å². The molecular weight excluding hydrogens is 258 g/mol. The molecule has 2 aromatic rings. The molecule has 1 atom stereocenters. The van der Waals surface area contributed by atoms with Crippen molar-refractivity contribution < 1.29 is 4.84 Å². The highest BCUT2D eigenvalue weighted by Crippen LogP contribution is 2.17. The highest BCUT2D eigenvalue weighted by molar-refractivity contribution is 5.18. The second kappa shape index (κ2) is 7.09. The molecule has 1 N–H and O–H groups in total. The van der Waals surface area contributed by atoms with E-state index in [4.69, 9.17) is 4.84 Å². The third kappa shape index (κ3) is 4.20. The minimum absolute atomic E-state index is 0.191. The second-order valence-electron chi connectivity index (χ2n) is 5.46. The molecule has 2 heteroatoms. The van der Waals surface area contributed by atoms with Gasteiger partial charge in [0, 0.05) is 5.70 Å². The smallest absolute Gasteiger partial charge is 0.106 e. The van der Waals surface area contributed by atoms with Crippen LogP contribution in [0.5, 0.6) is 0 Å². The number of nitrogens with one attached hydrogen (secondary N) is 1. The summed E-state index contributed by atoms with van der Waals surface area (Å²) in [4.78, 5) is 5.63. The minimum Gasteiger partial charge on any atom is -0.271 e. The number of hydrogen-bond acceptors (Lipinski definition) is 2. The van der Waals surface area contributed by atoms with Crippen LogP contribution in [0.3, 0.4) is 0 Å². The van der Waals surface area contributed by atoms with Crippen molar-refractivity contribution in [2.45, 2.75) is 31.8 Å². The van der Waals surface area contributed by atoms with Gasteiger partial charge < -0.3 is 0 Å². The highest BCUT2D eigenvalue weighted by Gasteiger charge is 2.15. The lowest BCUT2D eigenvalue weighted by atomic mass is 10.0. The zero-order valence-electron chi connectivity index (χ0n) is 12.2. The molecule has 0 amide bonds. The van der Waals surface area contributed by atoms with Crippen LogP contribution in [0, 0.1) is 0 Å². The fourth-order valence-electron chi connectivity index (χ4n) is 2.60. The van der Waals surface area contributed by atoms with Crippen molar-refractivity contribution in [3.63, 3.8) is 0 Å². The standard InChI is InChI=1S/C19H21NO/c1-3-7-16(8-4-1)11-13-18-15-19(21-20-18)14-12-17-9-5-2-6-10-17/h1-10,15,19-20H,11-14H2.